The number of ether oxygens (including phenoxy) is 1. The molecule has 0 unspecified atom stereocenters. The van der Waals surface area contributed by atoms with Crippen molar-refractivity contribution in [2.45, 2.75) is 96.8 Å². The Hall–Kier alpha value is 0.0800. The summed E-state index contributed by atoms with van der Waals surface area (Å²) in [6.07, 6.45) is 18.1. The van der Waals surface area contributed by atoms with Crippen LogP contribution in [0, 0.1) is 0 Å². The number of esters is 1. The SMILES string of the molecule is CCCCCCCCCCCCCCCCOC(=O)C(Cl)=C(Cl)Cl. The van der Waals surface area contributed by atoms with E-state index < -0.39 is 5.97 Å². The first kappa shape index (κ1) is 24.1. The third-order valence-corrected chi connectivity index (χ3v) is 4.99. The molecular formula is C19H33Cl3O2. The summed E-state index contributed by atoms with van der Waals surface area (Å²) in [4.78, 5) is 11.3. The monoisotopic (exact) mass is 398 g/mol. The molecule has 0 aliphatic heterocycles. The second kappa shape index (κ2) is 17.9. The zero-order valence-electron chi connectivity index (χ0n) is 15.1. The number of unbranched alkanes of at least 4 members (excludes halogenated alkanes) is 13. The van der Waals surface area contributed by atoms with E-state index in [4.69, 9.17) is 39.5 Å². The Morgan fingerprint density at radius 2 is 1.04 bits per heavy atom. The molecule has 0 saturated heterocycles. The minimum Gasteiger partial charge on any atom is -0.461 e. The van der Waals surface area contributed by atoms with Crippen molar-refractivity contribution >= 4 is 40.8 Å². The van der Waals surface area contributed by atoms with Crippen LogP contribution in [-0.4, -0.2) is 12.6 Å². The van der Waals surface area contributed by atoms with Crippen molar-refractivity contribution in [2.24, 2.45) is 0 Å². The predicted molar refractivity (Wildman–Crippen MR) is 106 cm³/mol. The number of hydrogen-bond acceptors (Lipinski definition) is 2. The average Bonchev–Trinajstić information content (AvgIpc) is 2.57. The van der Waals surface area contributed by atoms with Crippen LogP contribution in [0.3, 0.4) is 0 Å². The summed E-state index contributed by atoms with van der Waals surface area (Å²) in [6.45, 7) is 2.63. The zero-order valence-corrected chi connectivity index (χ0v) is 17.3. The molecule has 0 aliphatic carbocycles. The molecule has 0 aromatic heterocycles. The van der Waals surface area contributed by atoms with Gasteiger partial charge in [-0.25, -0.2) is 4.79 Å². The highest BCUT2D eigenvalue weighted by molar-refractivity contribution is 6.62. The summed E-state index contributed by atoms with van der Waals surface area (Å²) in [7, 11) is 0. The Kier molecular flexibility index (Phi) is 17.9. The molecule has 0 saturated carbocycles. The maximum absolute atomic E-state index is 11.3. The van der Waals surface area contributed by atoms with Gasteiger partial charge in [0.2, 0.25) is 0 Å². The molecule has 0 bridgehead atoms. The van der Waals surface area contributed by atoms with Gasteiger partial charge in [-0.3, -0.25) is 0 Å². The molecule has 0 N–H and O–H groups in total. The normalized spacial score (nSPS) is 10.7. The van der Waals surface area contributed by atoms with Crippen LogP contribution in [0.4, 0.5) is 0 Å². The lowest BCUT2D eigenvalue weighted by Crippen LogP contribution is -2.06. The van der Waals surface area contributed by atoms with Gasteiger partial charge in [-0.15, -0.1) is 0 Å². The van der Waals surface area contributed by atoms with Crippen LogP contribution in [0.2, 0.25) is 0 Å². The van der Waals surface area contributed by atoms with Crippen LogP contribution in [0.1, 0.15) is 96.8 Å². The van der Waals surface area contributed by atoms with Crippen molar-refractivity contribution < 1.29 is 9.53 Å². The first-order valence-corrected chi connectivity index (χ1v) is 10.6. The standard InChI is InChI=1S/C19H33Cl3O2/c1-2-3-4-5-6-7-8-9-10-11-12-13-14-15-16-24-19(23)17(20)18(21)22/h2-16H2,1H3. The van der Waals surface area contributed by atoms with E-state index in [0.717, 1.165) is 12.8 Å². The Morgan fingerprint density at radius 1 is 0.667 bits per heavy atom. The van der Waals surface area contributed by atoms with E-state index in [1.807, 2.05) is 0 Å². The molecule has 24 heavy (non-hydrogen) atoms. The Labute approximate surface area is 163 Å². The van der Waals surface area contributed by atoms with Crippen LogP contribution < -0.4 is 0 Å². The molecule has 0 fully saturated rings. The van der Waals surface area contributed by atoms with Gasteiger partial charge >= 0.3 is 5.97 Å². The molecule has 142 valence electrons. The Morgan fingerprint density at radius 3 is 1.42 bits per heavy atom. The quantitative estimate of drug-likeness (QED) is 0.150. The fourth-order valence-corrected chi connectivity index (χ4v) is 2.81. The Balaban J connectivity index is 3.21. The second-order valence-electron chi connectivity index (χ2n) is 6.31. The van der Waals surface area contributed by atoms with E-state index in [-0.39, 0.29) is 9.52 Å². The summed E-state index contributed by atoms with van der Waals surface area (Å²) >= 11 is 16.4. The van der Waals surface area contributed by atoms with Crippen LogP contribution in [-0.2, 0) is 9.53 Å². The van der Waals surface area contributed by atoms with Gasteiger partial charge in [0.15, 0.2) is 5.03 Å². The fraction of sp³-hybridized carbons (Fsp3) is 0.842. The topological polar surface area (TPSA) is 26.3 Å². The van der Waals surface area contributed by atoms with Crippen molar-refractivity contribution in [1.82, 2.24) is 0 Å². The van der Waals surface area contributed by atoms with Gasteiger partial charge in [-0.05, 0) is 6.42 Å². The molecule has 0 rings (SSSR count). The molecule has 5 heteroatoms. The maximum Gasteiger partial charge on any atom is 0.352 e. The molecule has 0 heterocycles. The molecule has 2 nitrogen and oxygen atoms in total. The number of rotatable bonds is 16. The highest BCUT2D eigenvalue weighted by Gasteiger charge is 2.11. The van der Waals surface area contributed by atoms with Gasteiger partial charge in [-0.1, -0.05) is 125 Å². The first-order valence-electron chi connectivity index (χ1n) is 9.47. The summed E-state index contributed by atoms with van der Waals surface area (Å²) in [6, 6.07) is 0. The van der Waals surface area contributed by atoms with Crippen molar-refractivity contribution in [1.29, 1.82) is 0 Å². The summed E-state index contributed by atoms with van der Waals surface area (Å²) < 4.78 is 4.73. The van der Waals surface area contributed by atoms with Crippen LogP contribution in [0.15, 0.2) is 9.52 Å². The van der Waals surface area contributed by atoms with Gasteiger partial charge in [0.05, 0.1) is 6.61 Å². The van der Waals surface area contributed by atoms with Crippen LogP contribution >= 0.6 is 34.8 Å². The van der Waals surface area contributed by atoms with Crippen LogP contribution in [0.5, 0.6) is 0 Å². The largest absolute Gasteiger partial charge is 0.461 e. The van der Waals surface area contributed by atoms with E-state index >= 15 is 0 Å². The Bertz CT molecular complexity index is 340. The molecule has 0 atom stereocenters. The number of carbonyl (C=O) groups excluding carboxylic acids is 1. The number of hydrogen-bond donors (Lipinski definition) is 0. The molecule has 0 aliphatic rings. The second-order valence-corrected chi connectivity index (χ2v) is 7.63. The predicted octanol–water partition coefficient (Wildman–Crippen LogP) is 7.90. The third kappa shape index (κ3) is 15.6. The minimum absolute atomic E-state index is 0.247. The lowest BCUT2D eigenvalue weighted by Gasteiger charge is -2.05. The van der Waals surface area contributed by atoms with Gasteiger partial charge < -0.3 is 4.74 Å². The van der Waals surface area contributed by atoms with Gasteiger partial charge in [0.25, 0.3) is 0 Å². The molecule has 0 spiro atoms. The summed E-state index contributed by atoms with van der Waals surface area (Å²) in [5.41, 5.74) is 0. The molecular weight excluding hydrogens is 367 g/mol. The van der Waals surface area contributed by atoms with Crippen molar-refractivity contribution in [2.75, 3.05) is 6.61 Å². The lowest BCUT2D eigenvalue weighted by molar-refractivity contribution is -0.138. The van der Waals surface area contributed by atoms with Crippen molar-refractivity contribution in [3.8, 4) is 0 Å². The van der Waals surface area contributed by atoms with E-state index in [9.17, 15) is 4.79 Å². The van der Waals surface area contributed by atoms with Crippen molar-refractivity contribution in [3.63, 3.8) is 0 Å². The lowest BCUT2D eigenvalue weighted by atomic mass is 10.0. The zero-order chi connectivity index (χ0) is 18.0. The highest BCUT2D eigenvalue weighted by Crippen LogP contribution is 2.19. The van der Waals surface area contributed by atoms with E-state index in [1.54, 1.807) is 0 Å². The molecule has 0 aromatic carbocycles. The molecule has 0 radical (unpaired) electrons. The highest BCUT2D eigenvalue weighted by atomic mass is 35.5. The smallest absolute Gasteiger partial charge is 0.352 e. The average molecular weight is 400 g/mol. The summed E-state index contributed by atoms with van der Waals surface area (Å²) in [5.74, 6) is -0.647. The summed E-state index contributed by atoms with van der Waals surface area (Å²) in [5, 5.41) is -0.247. The minimum atomic E-state index is -0.647. The van der Waals surface area contributed by atoms with E-state index in [0.29, 0.717) is 6.61 Å². The van der Waals surface area contributed by atoms with Gasteiger partial charge in [0.1, 0.15) is 4.49 Å². The molecule has 0 amide bonds. The maximum atomic E-state index is 11.3. The van der Waals surface area contributed by atoms with E-state index in [2.05, 4.69) is 6.92 Å². The fourth-order valence-electron chi connectivity index (χ4n) is 2.60. The number of carbonyl (C=O) groups is 1. The van der Waals surface area contributed by atoms with Crippen LogP contribution in [0.25, 0.3) is 0 Å². The van der Waals surface area contributed by atoms with Gasteiger partial charge in [0, 0.05) is 0 Å². The first-order chi connectivity index (χ1) is 11.6. The van der Waals surface area contributed by atoms with Gasteiger partial charge in [-0.2, -0.15) is 0 Å². The number of halogens is 3. The van der Waals surface area contributed by atoms with E-state index in [1.165, 1.54) is 77.0 Å². The molecule has 0 aromatic rings. The van der Waals surface area contributed by atoms with Crippen molar-refractivity contribution in [3.05, 3.63) is 9.52 Å². The third-order valence-electron chi connectivity index (χ3n) is 4.08.